The van der Waals surface area contributed by atoms with E-state index in [0.29, 0.717) is 18.1 Å². The van der Waals surface area contributed by atoms with Crippen LogP contribution in [0.15, 0.2) is 65.3 Å². The Labute approximate surface area is 127 Å². The summed E-state index contributed by atoms with van der Waals surface area (Å²) in [6.45, 7) is 0.317. The molecule has 0 fully saturated rings. The smallest absolute Gasteiger partial charge is 0.272 e. The van der Waals surface area contributed by atoms with Crippen molar-refractivity contribution >= 4 is 17.4 Å². The molecule has 2 aromatic heterocycles. The molecule has 3 aromatic rings. The summed E-state index contributed by atoms with van der Waals surface area (Å²) >= 11 is 0. The summed E-state index contributed by atoms with van der Waals surface area (Å²) in [6, 6.07) is 16.5. The van der Waals surface area contributed by atoms with E-state index in [1.807, 2.05) is 30.3 Å². The lowest BCUT2D eigenvalue weighted by Gasteiger charge is -2.05. The second kappa shape index (κ2) is 6.53. The third kappa shape index (κ3) is 3.49. The molecule has 1 amide bonds. The number of carbonyl (C=O) groups is 1. The summed E-state index contributed by atoms with van der Waals surface area (Å²) in [5.41, 5.74) is 1.16. The van der Waals surface area contributed by atoms with Gasteiger partial charge in [-0.1, -0.05) is 18.2 Å². The van der Waals surface area contributed by atoms with Crippen molar-refractivity contribution in [3.63, 3.8) is 0 Å². The zero-order valence-corrected chi connectivity index (χ0v) is 11.7. The lowest BCUT2D eigenvalue weighted by atomic mass is 10.3. The fourth-order valence-corrected chi connectivity index (χ4v) is 1.86. The molecule has 0 aliphatic rings. The molecule has 0 saturated heterocycles. The van der Waals surface area contributed by atoms with E-state index in [2.05, 4.69) is 20.8 Å². The number of para-hydroxylation sites is 1. The normalized spacial score (nSPS) is 10.2. The number of nitrogens with zero attached hydrogens (tertiary/aromatic N) is 2. The Balaban J connectivity index is 1.60. The van der Waals surface area contributed by atoms with E-state index in [1.54, 1.807) is 30.5 Å². The van der Waals surface area contributed by atoms with Crippen molar-refractivity contribution in [1.82, 2.24) is 15.5 Å². The number of amides is 1. The monoisotopic (exact) mass is 294 g/mol. The molecule has 2 heterocycles. The molecule has 6 nitrogen and oxygen atoms in total. The minimum absolute atomic E-state index is 0.255. The molecule has 2 N–H and O–H groups in total. The fraction of sp³-hybridized carbons (Fsp3) is 0.0625. The van der Waals surface area contributed by atoms with Crippen molar-refractivity contribution in [2.75, 3.05) is 5.32 Å². The second-order valence-corrected chi connectivity index (χ2v) is 4.56. The predicted octanol–water partition coefficient (Wildman–Crippen LogP) is 2.74. The maximum atomic E-state index is 11.9. The molecular formula is C16H14N4O2. The van der Waals surface area contributed by atoms with Gasteiger partial charge >= 0.3 is 0 Å². The van der Waals surface area contributed by atoms with E-state index in [0.717, 1.165) is 5.69 Å². The average molecular weight is 294 g/mol. The van der Waals surface area contributed by atoms with Crippen LogP contribution in [0.3, 0.4) is 0 Å². The van der Waals surface area contributed by atoms with Crippen LogP contribution in [0.1, 0.15) is 16.2 Å². The van der Waals surface area contributed by atoms with Gasteiger partial charge in [0.15, 0.2) is 11.5 Å². The average Bonchev–Trinajstić information content (AvgIpc) is 3.08. The first kappa shape index (κ1) is 13.8. The Kier molecular flexibility index (Phi) is 4.10. The van der Waals surface area contributed by atoms with Crippen LogP contribution < -0.4 is 10.6 Å². The standard InChI is InChI=1S/C16H14N4O2/c21-16(17-11-13-7-4-10-22-13)14-8-9-15(20-19-14)18-12-5-2-1-3-6-12/h1-10H,11H2,(H,17,21)(H,18,20). The van der Waals surface area contributed by atoms with Crippen LogP contribution in [0.2, 0.25) is 0 Å². The number of benzene rings is 1. The van der Waals surface area contributed by atoms with Gasteiger partial charge in [0.2, 0.25) is 0 Å². The van der Waals surface area contributed by atoms with E-state index < -0.39 is 0 Å². The maximum absolute atomic E-state index is 11.9. The number of anilines is 2. The van der Waals surface area contributed by atoms with Crippen LogP contribution in [0.25, 0.3) is 0 Å². The quantitative estimate of drug-likeness (QED) is 0.756. The summed E-state index contributed by atoms with van der Waals surface area (Å²) in [6.07, 6.45) is 1.56. The Hall–Kier alpha value is -3.15. The van der Waals surface area contributed by atoms with Gasteiger partial charge in [-0.15, -0.1) is 10.2 Å². The number of carbonyl (C=O) groups excluding carboxylic acids is 1. The summed E-state index contributed by atoms with van der Waals surface area (Å²) in [5, 5.41) is 13.7. The van der Waals surface area contributed by atoms with E-state index >= 15 is 0 Å². The highest BCUT2D eigenvalue weighted by atomic mass is 16.3. The zero-order valence-electron chi connectivity index (χ0n) is 11.7. The summed E-state index contributed by atoms with van der Waals surface area (Å²) in [5.74, 6) is 0.965. The van der Waals surface area contributed by atoms with Crippen LogP contribution in [-0.2, 0) is 6.54 Å². The maximum Gasteiger partial charge on any atom is 0.272 e. The number of rotatable bonds is 5. The summed E-state index contributed by atoms with van der Waals surface area (Å²) in [4.78, 5) is 11.9. The molecule has 3 rings (SSSR count). The topological polar surface area (TPSA) is 80.0 Å². The molecular weight excluding hydrogens is 280 g/mol. The highest BCUT2D eigenvalue weighted by Crippen LogP contribution is 2.12. The van der Waals surface area contributed by atoms with Gasteiger partial charge in [0.1, 0.15) is 5.76 Å². The minimum Gasteiger partial charge on any atom is -0.467 e. The lowest BCUT2D eigenvalue weighted by molar-refractivity contribution is 0.0942. The summed E-state index contributed by atoms with van der Waals surface area (Å²) in [7, 11) is 0. The third-order valence-corrected chi connectivity index (χ3v) is 2.95. The molecule has 0 radical (unpaired) electrons. The van der Waals surface area contributed by atoms with Crippen molar-refractivity contribution in [2.24, 2.45) is 0 Å². The SMILES string of the molecule is O=C(NCc1ccco1)c1ccc(Nc2ccccc2)nn1. The largest absolute Gasteiger partial charge is 0.467 e. The van der Waals surface area contributed by atoms with E-state index in [4.69, 9.17) is 4.42 Å². The van der Waals surface area contributed by atoms with Gasteiger partial charge in [0, 0.05) is 5.69 Å². The molecule has 0 saturated carbocycles. The van der Waals surface area contributed by atoms with Crippen LogP contribution >= 0.6 is 0 Å². The first-order chi connectivity index (χ1) is 10.8. The highest BCUT2D eigenvalue weighted by molar-refractivity contribution is 5.92. The van der Waals surface area contributed by atoms with E-state index in [1.165, 1.54) is 0 Å². The minimum atomic E-state index is -0.296. The van der Waals surface area contributed by atoms with Gasteiger partial charge in [-0.3, -0.25) is 4.79 Å². The fourth-order valence-electron chi connectivity index (χ4n) is 1.86. The molecule has 0 bridgehead atoms. The van der Waals surface area contributed by atoms with Crippen molar-refractivity contribution in [2.45, 2.75) is 6.54 Å². The molecule has 110 valence electrons. The van der Waals surface area contributed by atoms with Crippen molar-refractivity contribution in [3.05, 3.63) is 72.3 Å². The van der Waals surface area contributed by atoms with Crippen LogP contribution in [-0.4, -0.2) is 16.1 Å². The molecule has 0 spiro atoms. The molecule has 0 aliphatic carbocycles. The van der Waals surface area contributed by atoms with Gasteiger partial charge < -0.3 is 15.1 Å². The zero-order chi connectivity index (χ0) is 15.2. The predicted molar refractivity (Wildman–Crippen MR) is 81.6 cm³/mol. The summed E-state index contributed by atoms with van der Waals surface area (Å²) < 4.78 is 5.14. The van der Waals surface area contributed by atoms with Gasteiger partial charge in [-0.05, 0) is 36.4 Å². The third-order valence-electron chi connectivity index (χ3n) is 2.95. The molecule has 0 unspecified atom stereocenters. The van der Waals surface area contributed by atoms with Crippen molar-refractivity contribution in [3.8, 4) is 0 Å². The molecule has 6 heteroatoms. The van der Waals surface area contributed by atoms with Gasteiger partial charge in [0.05, 0.1) is 12.8 Å². The van der Waals surface area contributed by atoms with Crippen LogP contribution in [0.4, 0.5) is 11.5 Å². The number of hydrogen-bond donors (Lipinski definition) is 2. The molecule has 1 aromatic carbocycles. The van der Waals surface area contributed by atoms with Gasteiger partial charge in [-0.2, -0.15) is 0 Å². The molecule has 0 atom stereocenters. The number of nitrogens with one attached hydrogen (secondary N) is 2. The van der Waals surface area contributed by atoms with Gasteiger partial charge in [-0.25, -0.2) is 0 Å². The van der Waals surface area contributed by atoms with Gasteiger partial charge in [0.25, 0.3) is 5.91 Å². The number of hydrogen-bond acceptors (Lipinski definition) is 5. The number of furan rings is 1. The van der Waals surface area contributed by atoms with Crippen molar-refractivity contribution in [1.29, 1.82) is 0 Å². The second-order valence-electron chi connectivity index (χ2n) is 4.56. The highest BCUT2D eigenvalue weighted by Gasteiger charge is 2.08. The Bertz CT molecular complexity index is 725. The van der Waals surface area contributed by atoms with E-state index in [9.17, 15) is 4.79 Å². The van der Waals surface area contributed by atoms with E-state index in [-0.39, 0.29) is 11.6 Å². The van der Waals surface area contributed by atoms with Crippen LogP contribution in [0.5, 0.6) is 0 Å². The Morgan fingerprint density at radius 2 is 1.86 bits per heavy atom. The van der Waals surface area contributed by atoms with Crippen molar-refractivity contribution < 1.29 is 9.21 Å². The lowest BCUT2D eigenvalue weighted by Crippen LogP contribution is -2.23. The van der Waals surface area contributed by atoms with Crippen LogP contribution in [0, 0.1) is 0 Å². The first-order valence-electron chi connectivity index (χ1n) is 6.77. The molecule has 22 heavy (non-hydrogen) atoms. The number of aromatic nitrogens is 2. The Morgan fingerprint density at radius 3 is 2.55 bits per heavy atom. The molecule has 0 aliphatic heterocycles. The first-order valence-corrected chi connectivity index (χ1v) is 6.77. The Morgan fingerprint density at radius 1 is 1.00 bits per heavy atom.